The van der Waals surface area contributed by atoms with Crippen LogP contribution < -0.4 is 5.32 Å². The Labute approximate surface area is 89.7 Å². The largest absolute Gasteiger partial charge is 0.313 e. The van der Waals surface area contributed by atoms with Gasteiger partial charge in [-0.05, 0) is 30.6 Å². The topological polar surface area (TPSA) is 12.0 Å². The lowest BCUT2D eigenvalue weighted by atomic mass is 9.85. The molecule has 1 aliphatic rings. The summed E-state index contributed by atoms with van der Waals surface area (Å²) in [5.74, 6) is 0. The maximum absolute atomic E-state index is 3.70. The van der Waals surface area contributed by atoms with Gasteiger partial charge in [0.05, 0.1) is 0 Å². The number of rotatable bonds is 3. The fourth-order valence-electron chi connectivity index (χ4n) is 2.11. The van der Waals surface area contributed by atoms with Gasteiger partial charge in [0.1, 0.15) is 0 Å². The van der Waals surface area contributed by atoms with Crippen LogP contribution in [0.3, 0.4) is 0 Å². The van der Waals surface area contributed by atoms with Gasteiger partial charge in [-0.3, -0.25) is 0 Å². The fraction of sp³-hybridized carbons (Fsp3) is 1.00. The Morgan fingerprint density at radius 2 is 1.71 bits per heavy atom. The van der Waals surface area contributed by atoms with E-state index >= 15 is 0 Å². The van der Waals surface area contributed by atoms with Crippen LogP contribution in [0, 0.1) is 10.8 Å². The van der Waals surface area contributed by atoms with Crippen molar-refractivity contribution in [2.75, 3.05) is 6.54 Å². The van der Waals surface area contributed by atoms with Gasteiger partial charge in [0.15, 0.2) is 0 Å². The zero-order chi connectivity index (χ0) is 10.8. The Morgan fingerprint density at radius 3 is 2.14 bits per heavy atom. The molecule has 1 rings (SSSR count). The Bertz CT molecular complexity index is 172. The highest BCUT2D eigenvalue weighted by Crippen LogP contribution is 2.37. The highest BCUT2D eigenvalue weighted by Gasteiger charge is 2.30. The Kier molecular flexibility index (Phi) is 3.63. The predicted molar refractivity (Wildman–Crippen MR) is 63.5 cm³/mol. The molecule has 14 heavy (non-hydrogen) atoms. The standard InChI is InChI=1S/C13H27N/c1-11(12(2,3)4)14-10-13(5)8-6-7-9-13/h11,14H,6-10H2,1-5H3. The van der Waals surface area contributed by atoms with Crippen molar-refractivity contribution in [1.29, 1.82) is 0 Å². The van der Waals surface area contributed by atoms with Crippen molar-refractivity contribution >= 4 is 0 Å². The maximum atomic E-state index is 3.70. The molecule has 1 fully saturated rings. The quantitative estimate of drug-likeness (QED) is 0.729. The van der Waals surface area contributed by atoms with Crippen LogP contribution >= 0.6 is 0 Å². The third-order valence-electron chi connectivity index (χ3n) is 3.94. The summed E-state index contributed by atoms with van der Waals surface area (Å²) in [5, 5.41) is 3.70. The molecule has 1 saturated carbocycles. The lowest BCUT2D eigenvalue weighted by molar-refractivity contribution is 0.234. The second-order valence-corrected chi connectivity index (χ2v) is 6.49. The molecule has 0 aromatic heterocycles. The van der Waals surface area contributed by atoms with Crippen molar-refractivity contribution in [3.8, 4) is 0 Å². The molecular formula is C13H27N. The van der Waals surface area contributed by atoms with Crippen molar-refractivity contribution in [3.63, 3.8) is 0 Å². The average Bonchev–Trinajstić information content (AvgIpc) is 2.47. The first-order valence-corrected chi connectivity index (χ1v) is 6.07. The van der Waals surface area contributed by atoms with Gasteiger partial charge in [0.2, 0.25) is 0 Å². The molecule has 1 atom stereocenters. The van der Waals surface area contributed by atoms with Gasteiger partial charge in [-0.1, -0.05) is 40.5 Å². The molecule has 84 valence electrons. The van der Waals surface area contributed by atoms with Gasteiger partial charge in [-0.2, -0.15) is 0 Å². The van der Waals surface area contributed by atoms with Crippen LogP contribution in [0.2, 0.25) is 0 Å². The predicted octanol–water partition coefficient (Wildman–Crippen LogP) is 3.59. The van der Waals surface area contributed by atoms with Crippen LogP contribution in [0.5, 0.6) is 0 Å². The normalized spacial score (nSPS) is 23.8. The van der Waals surface area contributed by atoms with Gasteiger partial charge in [0.25, 0.3) is 0 Å². The minimum atomic E-state index is 0.384. The van der Waals surface area contributed by atoms with Crippen molar-refractivity contribution in [1.82, 2.24) is 5.32 Å². The first-order chi connectivity index (χ1) is 6.33. The van der Waals surface area contributed by atoms with Gasteiger partial charge in [0, 0.05) is 12.6 Å². The molecule has 0 bridgehead atoms. The third-order valence-corrected chi connectivity index (χ3v) is 3.94. The van der Waals surface area contributed by atoms with E-state index in [9.17, 15) is 0 Å². The monoisotopic (exact) mass is 197 g/mol. The fourth-order valence-corrected chi connectivity index (χ4v) is 2.11. The summed E-state index contributed by atoms with van der Waals surface area (Å²) in [6.07, 6.45) is 5.69. The summed E-state index contributed by atoms with van der Waals surface area (Å²) in [7, 11) is 0. The highest BCUT2D eigenvalue weighted by molar-refractivity contribution is 4.85. The second kappa shape index (κ2) is 4.22. The summed E-state index contributed by atoms with van der Waals surface area (Å²) in [6.45, 7) is 12.9. The van der Waals surface area contributed by atoms with E-state index in [-0.39, 0.29) is 0 Å². The molecule has 1 aliphatic carbocycles. The summed E-state index contributed by atoms with van der Waals surface area (Å²) in [4.78, 5) is 0. The Hall–Kier alpha value is -0.0400. The summed E-state index contributed by atoms with van der Waals surface area (Å²) in [6, 6.07) is 0.611. The van der Waals surface area contributed by atoms with E-state index in [1.54, 1.807) is 0 Å². The molecule has 0 saturated heterocycles. The zero-order valence-corrected chi connectivity index (χ0v) is 10.6. The SMILES string of the molecule is CC(NCC1(C)CCCC1)C(C)(C)C. The summed E-state index contributed by atoms with van der Waals surface area (Å²) >= 11 is 0. The summed E-state index contributed by atoms with van der Waals surface area (Å²) in [5.41, 5.74) is 0.967. The van der Waals surface area contributed by atoms with E-state index in [2.05, 4.69) is 39.9 Å². The van der Waals surface area contributed by atoms with E-state index in [0.29, 0.717) is 16.9 Å². The highest BCUT2D eigenvalue weighted by atomic mass is 14.9. The van der Waals surface area contributed by atoms with E-state index < -0.39 is 0 Å². The van der Waals surface area contributed by atoms with E-state index in [1.165, 1.54) is 32.2 Å². The molecule has 0 radical (unpaired) electrons. The maximum Gasteiger partial charge on any atom is 0.00874 e. The first kappa shape index (κ1) is 12.0. The van der Waals surface area contributed by atoms with Crippen molar-refractivity contribution in [2.24, 2.45) is 10.8 Å². The lowest BCUT2D eigenvalue weighted by Gasteiger charge is -2.32. The molecule has 1 nitrogen and oxygen atoms in total. The van der Waals surface area contributed by atoms with Gasteiger partial charge in [-0.25, -0.2) is 0 Å². The summed E-state index contributed by atoms with van der Waals surface area (Å²) < 4.78 is 0. The van der Waals surface area contributed by atoms with E-state index in [4.69, 9.17) is 0 Å². The lowest BCUT2D eigenvalue weighted by Crippen LogP contribution is -2.42. The number of nitrogens with one attached hydrogen (secondary N) is 1. The van der Waals surface area contributed by atoms with Gasteiger partial charge in [-0.15, -0.1) is 0 Å². The Morgan fingerprint density at radius 1 is 1.21 bits per heavy atom. The van der Waals surface area contributed by atoms with Crippen molar-refractivity contribution in [3.05, 3.63) is 0 Å². The molecule has 0 spiro atoms. The van der Waals surface area contributed by atoms with Gasteiger partial charge < -0.3 is 5.32 Å². The molecule has 0 aliphatic heterocycles. The molecule has 1 unspecified atom stereocenters. The first-order valence-electron chi connectivity index (χ1n) is 6.07. The minimum Gasteiger partial charge on any atom is -0.313 e. The minimum absolute atomic E-state index is 0.384. The second-order valence-electron chi connectivity index (χ2n) is 6.49. The van der Waals surface area contributed by atoms with E-state index in [0.717, 1.165) is 0 Å². The zero-order valence-electron chi connectivity index (χ0n) is 10.6. The van der Waals surface area contributed by atoms with Crippen molar-refractivity contribution in [2.45, 2.75) is 66.3 Å². The number of hydrogen-bond donors (Lipinski definition) is 1. The van der Waals surface area contributed by atoms with Gasteiger partial charge >= 0.3 is 0 Å². The Balaban J connectivity index is 2.33. The average molecular weight is 197 g/mol. The van der Waals surface area contributed by atoms with Crippen molar-refractivity contribution < 1.29 is 0 Å². The molecule has 0 aromatic carbocycles. The molecule has 0 aromatic rings. The van der Waals surface area contributed by atoms with Crippen LogP contribution in [-0.4, -0.2) is 12.6 Å². The van der Waals surface area contributed by atoms with Crippen LogP contribution in [0.25, 0.3) is 0 Å². The van der Waals surface area contributed by atoms with E-state index in [1.807, 2.05) is 0 Å². The van der Waals surface area contributed by atoms with Crippen LogP contribution in [-0.2, 0) is 0 Å². The van der Waals surface area contributed by atoms with Crippen LogP contribution in [0.4, 0.5) is 0 Å². The molecule has 0 heterocycles. The van der Waals surface area contributed by atoms with Crippen LogP contribution in [0.15, 0.2) is 0 Å². The number of hydrogen-bond acceptors (Lipinski definition) is 1. The smallest absolute Gasteiger partial charge is 0.00874 e. The molecule has 0 amide bonds. The molecule has 1 heteroatoms. The molecular weight excluding hydrogens is 170 g/mol. The molecule has 1 N–H and O–H groups in total. The third kappa shape index (κ3) is 3.27. The van der Waals surface area contributed by atoms with Crippen LogP contribution in [0.1, 0.15) is 60.3 Å².